The largest absolute Gasteiger partial charge is 0.497 e. The fraction of sp³-hybridized carbons (Fsp3) is 0.318. The first-order valence-corrected chi connectivity index (χ1v) is 10.3. The van der Waals surface area contributed by atoms with Gasteiger partial charge in [-0.25, -0.2) is 9.69 Å². The molecule has 0 saturated carbocycles. The number of nitrogens with one attached hydrogen (secondary N) is 1. The molecule has 1 N–H and O–H groups in total. The first-order chi connectivity index (χ1) is 15.9. The molecule has 0 radical (unpaired) electrons. The van der Waals surface area contributed by atoms with Crippen molar-refractivity contribution in [3.8, 4) is 5.75 Å². The van der Waals surface area contributed by atoms with Crippen LogP contribution in [0.4, 0.5) is 21.9 Å². The highest BCUT2D eigenvalue weighted by molar-refractivity contribution is 6.30. The minimum absolute atomic E-state index is 0.0975. The number of amides is 4. The molecule has 3 aliphatic rings. The van der Waals surface area contributed by atoms with Crippen LogP contribution in [0.15, 0.2) is 42.5 Å². The number of hydrogen-bond acceptors (Lipinski definition) is 8. The van der Waals surface area contributed by atoms with Crippen LogP contribution in [-0.4, -0.2) is 55.7 Å². The fourth-order valence-electron chi connectivity index (χ4n) is 4.89. The van der Waals surface area contributed by atoms with Crippen LogP contribution >= 0.6 is 0 Å². The molecule has 2 unspecified atom stereocenters. The highest BCUT2D eigenvalue weighted by Gasteiger charge is 2.63. The molecular weight excluding hydrogens is 432 g/mol. The molecule has 0 bridgehead atoms. The van der Waals surface area contributed by atoms with Gasteiger partial charge in [0.05, 0.1) is 37.0 Å². The van der Waals surface area contributed by atoms with Crippen LogP contribution in [0.2, 0.25) is 0 Å². The van der Waals surface area contributed by atoms with E-state index in [4.69, 9.17) is 9.47 Å². The van der Waals surface area contributed by atoms with Gasteiger partial charge in [0.25, 0.3) is 11.6 Å². The summed E-state index contributed by atoms with van der Waals surface area (Å²) >= 11 is 0. The monoisotopic (exact) mass is 452 g/mol. The molecule has 4 amide bonds. The lowest BCUT2D eigenvalue weighted by Crippen LogP contribution is -2.74. The average Bonchev–Trinajstić information content (AvgIpc) is 2.82. The number of nitrogens with zero attached hydrogens (tertiary/aromatic N) is 3. The Kier molecular flexibility index (Phi) is 4.78. The number of nitro benzene ring substituents is 1. The zero-order valence-corrected chi connectivity index (χ0v) is 17.6. The Labute approximate surface area is 188 Å². The van der Waals surface area contributed by atoms with Crippen LogP contribution < -0.4 is 19.9 Å². The number of anilines is 2. The molecule has 170 valence electrons. The predicted molar refractivity (Wildman–Crippen MR) is 115 cm³/mol. The molecule has 1 spiro atoms. The molecule has 0 aliphatic carbocycles. The number of fused-ring (bicyclic) bond motifs is 4. The summed E-state index contributed by atoms with van der Waals surface area (Å²) in [4.78, 5) is 53.7. The maximum Gasteiger partial charge on any atom is 0.335 e. The Morgan fingerprint density at radius 3 is 2.64 bits per heavy atom. The van der Waals surface area contributed by atoms with Crippen molar-refractivity contribution in [2.24, 2.45) is 5.41 Å². The molecule has 2 saturated heterocycles. The number of rotatable bonds is 3. The highest BCUT2D eigenvalue weighted by atomic mass is 16.6. The Balaban J connectivity index is 1.64. The minimum Gasteiger partial charge on any atom is -0.497 e. The third kappa shape index (κ3) is 3.04. The Hall–Kier alpha value is -3.99. The Morgan fingerprint density at radius 1 is 1.18 bits per heavy atom. The number of benzene rings is 2. The first kappa shape index (κ1) is 20.9. The molecule has 11 heteroatoms. The van der Waals surface area contributed by atoms with Gasteiger partial charge in [0, 0.05) is 30.8 Å². The van der Waals surface area contributed by atoms with Gasteiger partial charge in [-0.2, -0.15) is 0 Å². The van der Waals surface area contributed by atoms with Gasteiger partial charge in [-0.15, -0.1) is 0 Å². The van der Waals surface area contributed by atoms with Crippen LogP contribution in [0.5, 0.6) is 5.75 Å². The van der Waals surface area contributed by atoms with Crippen LogP contribution in [-0.2, 0) is 20.7 Å². The van der Waals surface area contributed by atoms with Gasteiger partial charge in [-0.05, 0) is 35.9 Å². The van der Waals surface area contributed by atoms with Gasteiger partial charge < -0.3 is 14.4 Å². The summed E-state index contributed by atoms with van der Waals surface area (Å²) in [7, 11) is 1.50. The number of barbiturate groups is 1. The van der Waals surface area contributed by atoms with Crippen molar-refractivity contribution >= 4 is 34.9 Å². The smallest absolute Gasteiger partial charge is 0.335 e. The predicted octanol–water partition coefficient (Wildman–Crippen LogP) is 1.63. The summed E-state index contributed by atoms with van der Waals surface area (Å²) in [5, 5.41) is 13.7. The minimum atomic E-state index is -1.70. The molecule has 2 aromatic carbocycles. The van der Waals surface area contributed by atoms with Crippen molar-refractivity contribution in [2.45, 2.75) is 12.5 Å². The molecule has 0 aromatic heterocycles. The van der Waals surface area contributed by atoms with E-state index in [1.54, 1.807) is 30.3 Å². The number of urea groups is 1. The van der Waals surface area contributed by atoms with Gasteiger partial charge in [0.2, 0.25) is 5.91 Å². The van der Waals surface area contributed by atoms with Gasteiger partial charge >= 0.3 is 6.03 Å². The normalized spacial score (nSPS) is 24.3. The number of ether oxygens (including phenoxy) is 2. The molecule has 11 nitrogen and oxygen atoms in total. The van der Waals surface area contributed by atoms with Crippen molar-refractivity contribution in [1.29, 1.82) is 0 Å². The van der Waals surface area contributed by atoms with E-state index in [9.17, 15) is 24.5 Å². The Morgan fingerprint density at radius 2 is 1.94 bits per heavy atom. The van der Waals surface area contributed by atoms with E-state index in [1.165, 1.54) is 19.2 Å². The number of carbonyl (C=O) groups is 3. The molecule has 2 fully saturated rings. The van der Waals surface area contributed by atoms with E-state index >= 15 is 0 Å². The second kappa shape index (κ2) is 7.55. The SMILES string of the molecule is COc1ccc(N2C(=O)NC(=O)C3(Cc4cc([N+](=O)[O-])ccc4N4CCOCC43)C2=O)cc1. The van der Waals surface area contributed by atoms with Gasteiger partial charge in [-0.3, -0.25) is 25.0 Å². The lowest BCUT2D eigenvalue weighted by molar-refractivity contribution is -0.384. The molecule has 2 atom stereocenters. The standard InChI is InChI=1S/C22H20N4O7/c1-32-16-5-2-14(3-6-16)25-20(28)22(19(27)23-21(25)29)11-13-10-15(26(30)31)4-7-17(13)24-8-9-33-12-18(22)24/h2-7,10,18H,8-9,11-12H2,1H3,(H,23,27,29). The van der Waals surface area contributed by atoms with Gasteiger partial charge in [0.1, 0.15) is 5.75 Å². The van der Waals surface area contributed by atoms with E-state index in [0.29, 0.717) is 30.2 Å². The van der Waals surface area contributed by atoms with Crippen molar-refractivity contribution in [2.75, 3.05) is 36.7 Å². The summed E-state index contributed by atoms with van der Waals surface area (Å²) in [5.41, 5.74) is -0.347. The van der Waals surface area contributed by atoms with Crippen molar-refractivity contribution < 1.29 is 28.8 Å². The van der Waals surface area contributed by atoms with Crippen molar-refractivity contribution in [3.05, 3.63) is 58.1 Å². The summed E-state index contributed by atoms with van der Waals surface area (Å²) in [6, 6.07) is 9.21. The van der Waals surface area contributed by atoms with E-state index in [-0.39, 0.29) is 24.4 Å². The summed E-state index contributed by atoms with van der Waals surface area (Å²) in [6.45, 7) is 0.869. The summed E-state index contributed by atoms with van der Waals surface area (Å²) in [6.07, 6.45) is -0.0981. The average molecular weight is 452 g/mol. The maximum absolute atomic E-state index is 14.0. The highest BCUT2D eigenvalue weighted by Crippen LogP contribution is 2.46. The molecule has 33 heavy (non-hydrogen) atoms. The van der Waals surface area contributed by atoms with Gasteiger partial charge in [0.15, 0.2) is 5.41 Å². The molecule has 3 heterocycles. The first-order valence-electron chi connectivity index (χ1n) is 10.3. The van der Waals surface area contributed by atoms with E-state index in [1.807, 2.05) is 4.90 Å². The van der Waals surface area contributed by atoms with Gasteiger partial charge in [-0.1, -0.05) is 0 Å². The number of non-ortho nitro benzene ring substituents is 1. The van der Waals surface area contributed by atoms with Crippen molar-refractivity contribution in [3.63, 3.8) is 0 Å². The second-order valence-electron chi connectivity index (χ2n) is 8.10. The third-order valence-electron chi connectivity index (χ3n) is 6.49. The zero-order chi connectivity index (χ0) is 23.3. The van der Waals surface area contributed by atoms with Crippen LogP contribution in [0.3, 0.4) is 0 Å². The van der Waals surface area contributed by atoms with Crippen molar-refractivity contribution in [1.82, 2.24) is 5.32 Å². The number of carbonyl (C=O) groups excluding carboxylic acids is 3. The third-order valence-corrected chi connectivity index (χ3v) is 6.49. The summed E-state index contributed by atoms with van der Waals surface area (Å²) in [5.74, 6) is -0.890. The maximum atomic E-state index is 14.0. The van der Waals surface area contributed by atoms with E-state index in [2.05, 4.69) is 5.32 Å². The Bertz CT molecular complexity index is 1180. The number of imide groups is 2. The van der Waals surface area contributed by atoms with Crippen LogP contribution in [0.25, 0.3) is 0 Å². The molecular formula is C22H20N4O7. The number of methoxy groups -OCH3 is 1. The lowest BCUT2D eigenvalue weighted by atomic mass is 9.68. The second-order valence-corrected chi connectivity index (χ2v) is 8.10. The number of morpholine rings is 1. The summed E-state index contributed by atoms with van der Waals surface area (Å²) < 4.78 is 10.8. The fourth-order valence-corrected chi connectivity index (χ4v) is 4.89. The van der Waals surface area contributed by atoms with E-state index in [0.717, 1.165) is 4.90 Å². The molecule has 3 aliphatic heterocycles. The zero-order valence-electron chi connectivity index (χ0n) is 17.6. The number of nitro groups is 1. The molecule has 2 aromatic rings. The van der Waals surface area contributed by atoms with Crippen LogP contribution in [0.1, 0.15) is 5.56 Å². The lowest BCUT2D eigenvalue weighted by Gasteiger charge is -2.53. The topological polar surface area (TPSA) is 131 Å². The van der Waals surface area contributed by atoms with Crippen LogP contribution in [0, 0.1) is 15.5 Å². The van der Waals surface area contributed by atoms with E-state index < -0.39 is 34.2 Å². The quantitative estimate of drug-likeness (QED) is 0.422. The molecule has 5 rings (SSSR count). The number of hydrogen-bond donors (Lipinski definition) is 1.